The fourth-order valence-corrected chi connectivity index (χ4v) is 3.05. The molecule has 1 fully saturated rings. The smallest absolute Gasteiger partial charge is 0.221 e. The highest BCUT2D eigenvalue weighted by atomic mass is 127. The summed E-state index contributed by atoms with van der Waals surface area (Å²) >= 11 is 6.08. The summed E-state index contributed by atoms with van der Waals surface area (Å²) in [6.07, 6.45) is 0.444. The third kappa shape index (κ3) is 7.19. The molecule has 1 heterocycles. The normalized spacial score (nSPS) is 14.9. The van der Waals surface area contributed by atoms with Gasteiger partial charge in [0, 0.05) is 62.9 Å². The monoisotopic (exact) mass is 493 g/mol. The van der Waals surface area contributed by atoms with Gasteiger partial charge < -0.3 is 20.4 Å². The predicted molar refractivity (Wildman–Crippen MR) is 120 cm³/mol. The summed E-state index contributed by atoms with van der Waals surface area (Å²) in [6, 6.07) is 8.13. The lowest BCUT2D eigenvalue weighted by Gasteiger charge is -2.37. The number of nitrogens with one attached hydrogen (secondary N) is 2. The highest BCUT2D eigenvalue weighted by Crippen LogP contribution is 2.20. The van der Waals surface area contributed by atoms with E-state index < -0.39 is 0 Å². The molecule has 6 nitrogen and oxygen atoms in total. The average molecular weight is 494 g/mol. The van der Waals surface area contributed by atoms with Crippen molar-refractivity contribution in [3.8, 4) is 0 Å². The average Bonchev–Trinajstić information content (AvgIpc) is 2.58. The van der Waals surface area contributed by atoms with Gasteiger partial charge in [-0.1, -0.05) is 17.7 Å². The van der Waals surface area contributed by atoms with Crippen LogP contribution in [0.5, 0.6) is 0 Å². The Kier molecular flexibility index (Phi) is 10.1. The highest BCUT2D eigenvalue weighted by molar-refractivity contribution is 14.0. The van der Waals surface area contributed by atoms with Crippen LogP contribution in [-0.4, -0.2) is 62.6 Å². The molecule has 26 heavy (non-hydrogen) atoms. The van der Waals surface area contributed by atoms with Gasteiger partial charge in [0.25, 0.3) is 0 Å². The van der Waals surface area contributed by atoms with E-state index in [2.05, 4.69) is 31.5 Å². The molecule has 0 radical (unpaired) electrons. The molecule has 146 valence electrons. The summed E-state index contributed by atoms with van der Waals surface area (Å²) in [7, 11) is 1.78. The number of benzene rings is 1. The number of nitrogens with zero attached hydrogens (tertiary/aromatic N) is 3. The lowest BCUT2D eigenvalue weighted by Crippen LogP contribution is -2.53. The van der Waals surface area contributed by atoms with E-state index >= 15 is 0 Å². The van der Waals surface area contributed by atoms with Crippen molar-refractivity contribution < 1.29 is 4.79 Å². The molecule has 1 saturated heterocycles. The van der Waals surface area contributed by atoms with Crippen molar-refractivity contribution in [2.75, 3.05) is 44.7 Å². The number of aliphatic imine (C=N–C) groups is 1. The maximum atomic E-state index is 11.7. The molecule has 1 amide bonds. The van der Waals surface area contributed by atoms with Crippen molar-refractivity contribution >= 4 is 53.1 Å². The number of carbonyl (C=O) groups is 1. The third-order valence-electron chi connectivity index (χ3n) is 4.05. The van der Waals surface area contributed by atoms with E-state index in [1.807, 2.05) is 32.0 Å². The minimum atomic E-state index is 0. The summed E-state index contributed by atoms with van der Waals surface area (Å²) in [6.45, 7) is 8.09. The number of rotatable bonds is 5. The first kappa shape index (κ1) is 22.8. The number of anilines is 1. The van der Waals surface area contributed by atoms with Gasteiger partial charge in [0.05, 0.1) is 0 Å². The number of halogens is 2. The van der Waals surface area contributed by atoms with Crippen LogP contribution in [0.1, 0.15) is 20.3 Å². The summed E-state index contributed by atoms with van der Waals surface area (Å²) in [5, 5.41) is 6.94. The molecule has 1 aromatic rings. The Labute approximate surface area is 178 Å². The van der Waals surface area contributed by atoms with E-state index in [0.717, 1.165) is 42.8 Å². The molecule has 0 spiro atoms. The van der Waals surface area contributed by atoms with Gasteiger partial charge in [0.2, 0.25) is 5.91 Å². The Morgan fingerprint density at radius 2 is 1.96 bits per heavy atom. The van der Waals surface area contributed by atoms with Crippen molar-refractivity contribution in [3.05, 3.63) is 29.3 Å². The van der Waals surface area contributed by atoms with Crippen LogP contribution in [0.2, 0.25) is 5.02 Å². The Hall–Kier alpha value is -1.22. The molecule has 0 atom stereocenters. The molecule has 0 unspecified atom stereocenters. The second-order valence-electron chi connectivity index (χ2n) is 6.40. The number of hydrogen-bond acceptors (Lipinski definition) is 3. The van der Waals surface area contributed by atoms with E-state index in [4.69, 9.17) is 11.6 Å². The Morgan fingerprint density at radius 3 is 2.54 bits per heavy atom. The molecule has 0 saturated carbocycles. The summed E-state index contributed by atoms with van der Waals surface area (Å²) in [5.41, 5.74) is 1.15. The number of hydrogen-bond donors (Lipinski definition) is 2. The van der Waals surface area contributed by atoms with Gasteiger partial charge in [-0.05, 0) is 32.0 Å². The topological polar surface area (TPSA) is 60.0 Å². The molecule has 1 aromatic carbocycles. The van der Waals surface area contributed by atoms with E-state index in [0.29, 0.717) is 13.0 Å². The molecule has 2 N–H and O–H groups in total. The molecular formula is C18H29ClIN5O. The molecule has 1 aliphatic rings. The summed E-state index contributed by atoms with van der Waals surface area (Å²) in [4.78, 5) is 20.6. The molecule has 0 aliphatic carbocycles. The van der Waals surface area contributed by atoms with E-state index in [1.54, 1.807) is 7.05 Å². The number of carbonyl (C=O) groups excluding carboxylic acids is 1. The van der Waals surface area contributed by atoms with Gasteiger partial charge in [-0.15, -0.1) is 24.0 Å². The largest absolute Gasteiger partial charge is 0.368 e. The first-order chi connectivity index (χ1) is 12.0. The zero-order valence-corrected chi connectivity index (χ0v) is 18.8. The standard InChI is InChI=1S/C18H28ClN5O.HI/c1-14(2)22-17(25)7-8-21-18(20-3)24-11-9-23(10-12-24)16-6-4-5-15(19)13-16;/h4-6,13-14H,7-12H2,1-3H3,(H,20,21)(H,22,25);1H. The highest BCUT2D eigenvalue weighted by Gasteiger charge is 2.20. The maximum absolute atomic E-state index is 11.7. The fourth-order valence-electron chi connectivity index (χ4n) is 2.86. The summed E-state index contributed by atoms with van der Waals surface area (Å²) < 4.78 is 0. The third-order valence-corrected chi connectivity index (χ3v) is 4.28. The van der Waals surface area contributed by atoms with Crippen molar-refractivity contribution in [1.82, 2.24) is 15.5 Å². The minimum absolute atomic E-state index is 0. The first-order valence-electron chi connectivity index (χ1n) is 8.75. The van der Waals surface area contributed by atoms with Crippen LogP contribution in [0.15, 0.2) is 29.3 Å². The lowest BCUT2D eigenvalue weighted by atomic mass is 10.2. The van der Waals surface area contributed by atoms with E-state index in [1.165, 1.54) is 0 Å². The van der Waals surface area contributed by atoms with Crippen LogP contribution in [0.25, 0.3) is 0 Å². The first-order valence-corrected chi connectivity index (χ1v) is 9.13. The molecule has 0 aromatic heterocycles. The lowest BCUT2D eigenvalue weighted by molar-refractivity contribution is -0.121. The van der Waals surface area contributed by atoms with Gasteiger partial charge in [0.15, 0.2) is 5.96 Å². The van der Waals surface area contributed by atoms with E-state index in [9.17, 15) is 4.79 Å². The van der Waals surface area contributed by atoms with Crippen LogP contribution in [0.3, 0.4) is 0 Å². The van der Waals surface area contributed by atoms with Crippen molar-refractivity contribution in [2.45, 2.75) is 26.3 Å². The molecule has 0 bridgehead atoms. The van der Waals surface area contributed by atoms with Crippen LogP contribution in [0.4, 0.5) is 5.69 Å². The maximum Gasteiger partial charge on any atom is 0.221 e. The van der Waals surface area contributed by atoms with Crippen LogP contribution in [-0.2, 0) is 4.79 Å². The number of piperazine rings is 1. The Bertz CT molecular complexity index is 603. The van der Waals surface area contributed by atoms with Crippen LogP contribution < -0.4 is 15.5 Å². The SMILES string of the molecule is CN=C(NCCC(=O)NC(C)C)N1CCN(c2cccc(Cl)c2)CC1.I. The van der Waals surface area contributed by atoms with Gasteiger partial charge in [-0.3, -0.25) is 9.79 Å². The Morgan fingerprint density at radius 1 is 1.27 bits per heavy atom. The van der Waals surface area contributed by atoms with Crippen LogP contribution >= 0.6 is 35.6 Å². The van der Waals surface area contributed by atoms with Gasteiger partial charge >= 0.3 is 0 Å². The molecule has 2 rings (SSSR count). The van der Waals surface area contributed by atoms with Crippen molar-refractivity contribution in [2.24, 2.45) is 4.99 Å². The van der Waals surface area contributed by atoms with E-state index in [-0.39, 0.29) is 35.9 Å². The molecular weight excluding hydrogens is 465 g/mol. The second kappa shape index (κ2) is 11.5. The quantitative estimate of drug-likeness (QED) is 0.376. The van der Waals surface area contributed by atoms with Crippen LogP contribution in [0, 0.1) is 0 Å². The fraction of sp³-hybridized carbons (Fsp3) is 0.556. The van der Waals surface area contributed by atoms with Gasteiger partial charge in [-0.25, -0.2) is 0 Å². The molecule has 8 heteroatoms. The predicted octanol–water partition coefficient (Wildman–Crippen LogP) is 2.57. The second-order valence-corrected chi connectivity index (χ2v) is 6.84. The number of amides is 1. The zero-order valence-electron chi connectivity index (χ0n) is 15.7. The van der Waals surface area contributed by atoms with Gasteiger partial charge in [-0.2, -0.15) is 0 Å². The Balaban J connectivity index is 0.00000338. The zero-order chi connectivity index (χ0) is 18.2. The van der Waals surface area contributed by atoms with Crippen molar-refractivity contribution in [3.63, 3.8) is 0 Å². The number of guanidine groups is 1. The van der Waals surface area contributed by atoms with Crippen molar-refractivity contribution in [1.29, 1.82) is 0 Å². The minimum Gasteiger partial charge on any atom is -0.368 e. The van der Waals surface area contributed by atoms with Gasteiger partial charge in [0.1, 0.15) is 0 Å². The molecule has 1 aliphatic heterocycles. The summed E-state index contributed by atoms with van der Waals surface area (Å²) in [5.74, 6) is 0.909.